The fourth-order valence-electron chi connectivity index (χ4n) is 0.542. The molecule has 54 valence electrons. The molecule has 0 saturated heterocycles. The maximum Gasteiger partial charge on any atom is 0.172 e. The van der Waals surface area contributed by atoms with Gasteiger partial charge >= 0.3 is 0 Å². The molecule has 1 aromatic rings. The monoisotopic (exact) mass is 180 g/mol. The van der Waals surface area contributed by atoms with Crippen molar-refractivity contribution >= 4 is 24.2 Å². The number of rotatable bonds is 0. The SMILES string of the molecule is Fc1cc(Cl)cc(S)c1F. The van der Waals surface area contributed by atoms with Crippen LogP contribution in [0, 0.1) is 11.6 Å². The van der Waals surface area contributed by atoms with Gasteiger partial charge in [-0.15, -0.1) is 12.6 Å². The molecule has 0 aliphatic rings. The zero-order valence-electron chi connectivity index (χ0n) is 4.74. The predicted molar refractivity (Wildman–Crippen MR) is 38.6 cm³/mol. The minimum absolute atomic E-state index is 0.0787. The van der Waals surface area contributed by atoms with Crippen molar-refractivity contribution in [2.75, 3.05) is 0 Å². The van der Waals surface area contributed by atoms with Crippen LogP contribution in [0.4, 0.5) is 8.78 Å². The summed E-state index contributed by atoms with van der Waals surface area (Å²) in [7, 11) is 0. The van der Waals surface area contributed by atoms with Crippen molar-refractivity contribution in [3.8, 4) is 0 Å². The van der Waals surface area contributed by atoms with Crippen LogP contribution >= 0.6 is 24.2 Å². The van der Waals surface area contributed by atoms with Gasteiger partial charge in [-0.3, -0.25) is 0 Å². The molecule has 0 fully saturated rings. The number of halogens is 3. The Labute approximate surface area is 67.2 Å². The average molecular weight is 181 g/mol. The molecule has 0 N–H and O–H groups in total. The summed E-state index contributed by atoms with van der Waals surface area (Å²) in [5, 5.41) is 0.143. The minimum Gasteiger partial charge on any atom is -0.204 e. The molecule has 0 spiro atoms. The Balaban J connectivity index is 3.31. The van der Waals surface area contributed by atoms with Crippen molar-refractivity contribution in [1.82, 2.24) is 0 Å². The van der Waals surface area contributed by atoms with Gasteiger partial charge in [0.15, 0.2) is 11.6 Å². The molecular weight excluding hydrogens is 178 g/mol. The summed E-state index contributed by atoms with van der Waals surface area (Å²) in [4.78, 5) is -0.0787. The van der Waals surface area contributed by atoms with Crippen LogP contribution < -0.4 is 0 Å². The van der Waals surface area contributed by atoms with Crippen molar-refractivity contribution in [1.29, 1.82) is 0 Å². The summed E-state index contributed by atoms with van der Waals surface area (Å²) in [6.45, 7) is 0. The molecule has 0 bridgehead atoms. The van der Waals surface area contributed by atoms with E-state index in [9.17, 15) is 8.78 Å². The van der Waals surface area contributed by atoms with Gasteiger partial charge in [-0.1, -0.05) is 11.6 Å². The fraction of sp³-hybridized carbons (Fsp3) is 0. The lowest BCUT2D eigenvalue weighted by atomic mass is 10.3. The highest BCUT2D eigenvalue weighted by Crippen LogP contribution is 2.20. The van der Waals surface area contributed by atoms with Crippen LogP contribution in [0.15, 0.2) is 17.0 Å². The second-order valence-electron chi connectivity index (χ2n) is 1.72. The third-order valence-corrected chi connectivity index (χ3v) is 1.52. The Morgan fingerprint density at radius 3 is 2.40 bits per heavy atom. The van der Waals surface area contributed by atoms with E-state index < -0.39 is 11.6 Å². The van der Waals surface area contributed by atoms with E-state index in [1.54, 1.807) is 0 Å². The Morgan fingerprint density at radius 1 is 1.30 bits per heavy atom. The lowest BCUT2D eigenvalue weighted by Gasteiger charge is -1.96. The molecule has 1 rings (SSSR count). The van der Waals surface area contributed by atoms with Crippen molar-refractivity contribution in [3.05, 3.63) is 28.8 Å². The first-order valence-corrected chi connectivity index (χ1v) is 3.27. The predicted octanol–water partition coefficient (Wildman–Crippen LogP) is 2.91. The maximum atomic E-state index is 12.4. The second-order valence-corrected chi connectivity index (χ2v) is 2.64. The zero-order chi connectivity index (χ0) is 7.72. The van der Waals surface area contributed by atoms with Crippen LogP contribution in [0.1, 0.15) is 0 Å². The Bertz CT molecular complexity index is 239. The van der Waals surface area contributed by atoms with Gasteiger partial charge in [0, 0.05) is 9.92 Å². The van der Waals surface area contributed by atoms with Gasteiger partial charge in [0.25, 0.3) is 0 Å². The molecule has 0 saturated carbocycles. The molecule has 1 aromatic carbocycles. The van der Waals surface area contributed by atoms with Crippen LogP contribution in [-0.2, 0) is 0 Å². The summed E-state index contributed by atoms with van der Waals surface area (Å²) in [6, 6.07) is 2.14. The topological polar surface area (TPSA) is 0 Å². The van der Waals surface area contributed by atoms with E-state index in [2.05, 4.69) is 12.6 Å². The first-order chi connectivity index (χ1) is 4.61. The molecule has 0 nitrogen and oxygen atoms in total. The second kappa shape index (κ2) is 2.76. The number of hydrogen-bond acceptors (Lipinski definition) is 1. The van der Waals surface area contributed by atoms with Gasteiger partial charge in [-0.2, -0.15) is 0 Å². The van der Waals surface area contributed by atoms with Crippen molar-refractivity contribution in [2.45, 2.75) is 4.90 Å². The number of benzene rings is 1. The van der Waals surface area contributed by atoms with Gasteiger partial charge in [0.2, 0.25) is 0 Å². The molecule has 0 aliphatic carbocycles. The Morgan fingerprint density at radius 2 is 1.90 bits per heavy atom. The minimum atomic E-state index is -0.975. The van der Waals surface area contributed by atoms with Crippen LogP contribution in [-0.4, -0.2) is 0 Å². The fourth-order valence-corrected chi connectivity index (χ4v) is 1.07. The normalized spacial score (nSPS) is 10.0. The molecular formula is C6H3ClF2S. The van der Waals surface area contributed by atoms with Crippen LogP contribution in [0.2, 0.25) is 5.02 Å². The van der Waals surface area contributed by atoms with Crippen molar-refractivity contribution in [3.63, 3.8) is 0 Å². The smallest absolute Gasteiger partial charge is 0.172 e. The number of thiol groups is 1. The van der Waals surface area contributed by atoms with Gasteiger partial charge in [0.05, 0.1) is 0 Å². The standard InChI is InChI=1S/C6H3ClF2S/c7-3-1-4(8)6(9)5(10)2-3/h1-2,10H. The molecule has 0 radical (unpaired) electrons. The first kappa shape index (κ1) is 7.82. The van der Waals surface area contributed by atoms with Gasteiger partial charge in [0.1, 0.15) is 0 Å². The van der Waals surface area contributed by atoms with E-state index in [1.807, 2.05) is 0 Å². The molecule has 0 atom stereocenters. The molecule has 0 amide bonds. The van der Waals surface area contributed by atoms with Gasteiger partial charge < -0.3 is 0 Å². The average Bonchev–Trinajstić information content (AvgIpc) is 1.82. The molecule has 0 aromatic heterocycles. The van der Waals surface area contributed by atoms with Crippen LogP contribution in [0.3, 0.4) is 0 Å². The summed E-state index contributed by atoms with van der Waals surface area (Å²) in [5.41, 5.74) is 0. The molecule has 4 heteroatoms. The molecule has 10 heavy (non-hydrogen) atoms. The highest BCUT2D eigenvalue weighted by atomic mass is 35.5. The molecule has 0 heterocycles. The van der Waals surface area contributed by atoms with Crippen molar-refractivity contribution < 1.29 is 8.78 Å². The maximum absolute atomic E-state index is 12.4. The third-order valence-electron chi connectivity index (χ3n) is 0.974. The largest absolute Gasteiger partial charge is 0.204 e. The quantitative estimate of drug-likeness (QED) is 0.461. The first-order valence-electron chi connectivity index (χ1n) is 2.45. The summed E-state index contributed by atoms with van der Waals surface area (Å²) in [6.07, 6.45) is 0. The molecule has 0 unspecified atom stereocenters. The summed E-state index contributed by atoms with van der Waals surface area (Å²) < 4.78 is 24.7. The lowest BCUT2D eigenvalue weighted by Crippen LogP contribution is -1.84. The van der Waals surface area contributed by atoms with E-state index in [0.717, 1.165) is 6.07 Å². The summed E-state index contributed by atoms with van der Waals surface area (Å²) in [5.74, 6) is -1.94. The Hall–Kier alpha value is -0.280. The third kappa shape index (κ3) is 1.41. The zero-order valence-corrected chi connectivity index (χ0v) is 6.39. The van der Waals surface area contributed by atoms with E-state index >= 15 is 0 Å². The van der Waals surface area contributed by atoms with E-state index in [0.29, 0.717) is 0 Å². The lowest BCUT2D eigenvalue weighted by molar-refractivity contribution is 0.492. The highest BCUT2D eigenvalue weighted by molar-refractivity contribution is 7.80. The van der Waals surface area contributed by atoms with Crippen LogP contribution in [0.5, 0.6) is 0 Å². The van der Waals surface area contributed by atoms with E-state index in [-0.39, 0.29) is 9.92 Å². The van der Waals surface area contributed by atoms with Gasteiger partial charge in [-0.05, 0) is 12.1 Å². The number of hydrogen-bond donors (Lipinski definition) is 1. The Kier molecular flexibility index (Phi) is 2.16. The van der Waals surface area contributed by atoms with Gasteiger partial charge in [-0.25, -0.2) is 8.78 Å². The highest BCUT2D eigenvalue weighted by Gasteiger charge is 2.05. The van der Waals surface area contributed by atoms with E-state index in [1.165, 1.54) is 6.07 Å². The summed E-state index contributed by atoms with van der Waals surface area (Å²) >= 11 is 9.00. The molecule has 0 aliphatic heterocycles. The van der Waals surface area contributed by atoms with Crippen LogP contribution in [0.25, 0.3) is 0 Å². The van der Waals surface area contributed by atoms with Crippen molar-refractivity contribution in [2.24, 2.45) is 0 Å². The van der Waals surface area contributed by atoms with E-state index in [4.69, 9.17) is 11.6 Å².